The van der Waals surface area contributed by atoms with Crippen LogP contribution in [-0.4, -0.2) is 53.5 Å². The molecule has 5 heteroatoms. The third-order valence-electron chi connectivity index (χ3n) is 8.35. The van der Waals surface area contributed by atoms with Crippen LogP contribution in [0, 0.1) is 11.8 Å². The molecule has 5 aliphatic heterocycles. The van der Waals surface area contributed by atoms with E-state index in [0.29, 0.717) is 18.9 Å². The van der Waals surface area contributed by atoms with Crippen LogP contribution in [0.1, 0.15) is 24.8 Å². The molecule has 2 bridgehead atoms. The van der Waals surface area contributed by atoms with E-state index in [4.69, 9.17) is 4.74 Å². The molecule has 26 heavy (non-hydrogen) atoms. The van der Waals surface area contributed by atoms with Gasteiger partial charge in [-0.25, -0.2) is 0 Å². The molecule has 6 aliphatic rings. The number of piperidine rings is 2. The summed E-state index contributed by atoms with van der Waals surface area (Å²) in [6, 6.07) is 8.32. The van der Waals surface area contributed by atoms with Crippen molar-refractivity contribution in [3.05, 3.63) is 41.5 Å². The molecule has 0 radical (unpaired) electrons. The highest BCUT2D eigenvalue weighted by Crippen LogP contribution is 2.68. The van der Waals surface area contributed by atoms with E-state index in [1.807, 2.05) is 6.07 Å². The minimum atomic E-state index is -0.854. The first-order chi connectivity index (χ1) is 12.6. The topological polar surface area (TPSA) is 53.0 Å². The van der Waals surface area contributed by atoms with E-state index in [9.17, 15) is 9.90 Å². The lowest BCUT2D eigenvalue weighted by atomic mass is 9.52. The summed E-state index contributed by atoms with van der Waals surface area (Å²) < 4.78 is 6.20. The van der Waals surface area contributed by atoms with E-state index in [0.717, 1.165) is 31.6 Å². The molecule has 6 atom stereocenters. The molecule has 1 saturated carbocycles. The number of anilines is 1. The fourth-order valence-electron chi connectivity index (χ4n) is 7.53. The van der Waals surface area contributed by atoms with Gasteiger partial charge >= 0.3 is 0 Å². The number of carbonyl (C=O) groups excluding carboxylic acids is 1. The molecule has 1 N–H and O–H groups in total. The summed E-state index contributed by atoms with van der Waals surface area (Å²) >= 11 is 0. The molecule has 5 unspecified atom stereocenters. The minimum Gasteiger partial charge on any atom is -0.375 e. The number of nitrogens with zero attached hydrogens (tertiary/aromatic N) is 2. The van der Waals surface area contributed by atoms with Gasteiger partial charge in [0.1, 0.15) is 5.72 Å². The lowest BCUT2D eigenvalue weighted by molar-refractivity contribution is -0.197. The third-order valence-corrected chi connectivity index (χ3v) is 8.35. The third kappa shape index (κ3) is 1.27. The van der Waals surface area contributed by atoms with Crippen LogP contribution in [-0.2, 0) is 14.9 Å². The van der Waals surface area contributed by atoms with Gasteiger partial charge in [0.25, 0.3) is 0 Å². The monoisotopic (exact) mass is 350 g/mol. The quantitative estimate of drug-likeness (QED) is 0.719. The van der Waals surface area contributed by atoms with E-state index in [1.54, 1.807) is 0 Å². The van der Waals surface area contributed by atoms with E-state index in [2.05, 4.69) is 34.1 Å². The maximum Gasteiger partial charge on any atom is 0.229 e. The van der Waals surface area contributed by atoms with Gasteiger partial charge in [-0.05, 0) is 30.4 Å². The number of hydrogen-bond donors (Lipinski definition) is 1. The lowest BCUT2D eigenvalue weighted by Gasteiger charge is -2.62. The summed E-state index contributed by atoms with van der Waals surface area (Å²) in [6.07, 6.45) is 4.36. The molecule has 4 fully saturated rings. The average Bonchev–Trinajstić information content (AvgIpc) is 3.05. The maximum atomic E-state index is 13.2. The summed E-state index contributed by atoms with van der Waals surface area (Å²) in [5.74, 6) is 0.769. The Labute approximate surface area is 152 Å². The van der Waals surface area contributed by atoms with Gasteiger partial charge in [-0.15, -0.1) is 0 Å². The fraction of sp³-hybridized carbons (Fsp3) is 0.571. The van der Waals surface area contributed by atoms with Crippen molar-refractivity contribution in [2.75, 3.05) is 24.6 Å². The first kappa shape index (κ1) is 14.4. The highest BCUT2D eigenvalue weighted by atomic mass is 16.5. The summed E-state index contributed by atoms with van der Waals surface area (Å²) in [6.45, 7) is 2.34. The lowest BCUT2D eigenvalue weighted by Crippen LogP contribution is -2.74. The Balaban J connectivity index is 1.58. The summed E-state index contributed by atoms with van der Waals surface area (Å²) in [7, 11) is 0. The number of benzene rings is 1. The van der Waals surface area contributed by atoms with Crippen LogP contribution in [0.2, 0.25) is 0 Å². The largest absolute Gasteiger partial charge is 0.375 e. The number of ether oxygens (including phenoxy) is 1. The first-order valence-electron chi connectivity index (χ1n) is 9.85. The van der Waals surface area contributed by atoms with E-state index < -0.39 is 5.72 Å². The van der Waals surface area contributed by atoms with Gasteiger partial charge in [0, 0.05) is 24.7 Å². The van der Waals surface area contributed by atoms with Crippen LogP contribution in [0.25, 0.3) is 0 Å². The van der Waals surface area contributed by atoms with Crippen molar-refractivity contribution in [2.45, 2.75) is 42.5 Å². The van der Waals surface area contributed by atoms with Crippen LogP contribution >= 0.6 is 0 Å². The van der Waals surface area contributed by atoms with Crippen LogP contribution in [0.15, 0.2) is 35.9 Å². The van der Waals surface area contributed by atoms with E-state index >= 15 is 0 Å². The molecule has 1 aliphatic carbocycles. The molecule has 1 amide bonds. The predicted octanol–water partition coefficient (Wildman–Crippen LogP) is 1.41. The summed E-state index contributed by atoms with van der Waals surface area (Å²) in [4.78, 5) is 17.5. The zero-order valence-corrected chi connectivity index (χ0v) is 14.6. The molecule has 3 saturated heterocycles. The number of fused-ring (bicyclic) bond motifs is 2. The number of rotatable bonds is 0. The number of aliphatic hydroxyl groups is 1. The van der Waals surface area contributed by atoms with Crippen molar-refractivity contribution < 1.29 is 14.6 Å². The van der Waals surface area contributed by atoms with Gasteiger partial charge in [0.2, 0.25) is 5.91 Å². The molecule has 1 aromatic carbocycles. The molecule has 134 valence electrons. The van der Waals surface area contributed by atoms with Crippen molar-refractivity contribution in [2.24, 2.45) is 11.8 Å². The molecular formula is C21H22N2O3. The molecule has 7 rings (SSSR count). The van der Waals surface area contributed by atoms with E-state index in [1.165, 1.54) is 11.1 Å². The van der Waals surface area contributed by atoms with Crippen molar-refractivity contribution in [3.8, 4) is 0 Å². The van der Waals surface area contributed by atoms with Gasteiger partial charge in [0.05, 0.1) is 30.6 Å². The van der Waals surface area contributed by atoms with Crippen molar-refractivity contribution >= 4 is 11.6 Å². The van der Waals surface area contributed by atoms with Crippen LogP contribution in [0.4, 0.5) is 5.69 Å². The zero-order chi connectivity index (χ0) is 17.3. The Morgan fingerprint density at radius 2 is 2.15 bits per heavy atom. The Hall–Kier alpha value is -1.69. The number of amides is 1. The van der Waals surface area contributed by atoms with Gasteiger partial charge in [0.15, 0.2) is 0 Å². The standard InChI is InChI=1S/C21H22N2O3/c24-17-9-16-18-13-10-21(25)20(6-7-22(21)11-12(13)5-8-26-16)14-3-1-2-4-15(14)23(17)19(18)20/h1-5,13,16,18-19,25H,6-11H2/t13?,16?,18?,19-,20?,21?/m0/s1. The van der Waals surface area contributed by atoms with Crippen molar-refractivity contribution in [3.63, 3.8) is 0 Å². The van der Waals surface area contributed by atoms with Crippen LogP contribution < -0.4 is 4.90 Å². The Morgan fingerprint density at radius 3 is 3.08 bits per heavy atom. The second kappa shape index (κ2) is 4.24. The Kier molecular flexibility index (Phi) is 2.34. The normalized spacial score (nSPS) is 47.5. The van der Waals surface area contributed by atoms with Gasteiger partial charge in [-0.2, -0.15) is 0 Å². The first-order valence-corrected chi connectivity index (χ1v) is 9.85. The second-order valence-electron chi connectivity index (χ2n) is 8.93. The van der Waals surface area contributed by atoms with E-state index in [-0.39, 0.29) is 29.4 Å². The van der Waals surface area contributed by atoms with Gasteiger partial charge in [-0.1, -0.05) is 29.8 Å². The van der Waals surface area contributed by atoms with Crippen molar-refractivity contribution in [1.29, 1.82) is 0 Å². The molecule has 1 spiro atoms. The van der Waals surface area contributed by atoms with Crippen molar-refractivity contribution in [1.82, 2.24) is 4.90 Å². The number of carbonyl (C=O) groups is 1. The summed E-state index contributed by atoms with van der Waals surface area (Å²) in [5.41, 5.74) is 2.40. The molecule has 5 nitrogen and oxygen atoms in total. The summed E-state index contributed by atoms with van der Waals surface area (Å²) in [5, 5.41) is 12.1. The van der Waals surface area contributed by atoms with Gasteiger partial charge < -0.3 is 14.7 Å². The van der Waals surface area contributed by atoms with Gasteiger partial charge in [-0.3, -0.25) is 9.69 Å². The highest BCUT2D eigenvalue weighted by Gasteiger charge is 2.76. The maximum absolute atomic E-state index is 13.2. The smallest absolute Gasteiger partial charge is 0.229 e. The fourth-order valence-corrected chi connectivity index (χ4v) is 7.53. The Bertz CT molecular complexity index is 897. The molecule has 1 aromatic rings. The molecular weight excluding hydrogens is 328 g/mol. The van der Waals surface area contributed by atoms with Crippen LogP contribution in [0.3, 0.4) is 0 Å². The SMILES string of the molecule is O=C1CC2OCC=C3CN4CCC56c7ccccc7N1[C@H]5C2C3CC46O. The number of para-hydroxylation sites is 1. The molecule has 5 heterocycles. The molecule has 0 aromatic heterocycles. The predicted molar refractivity (Wildman–Crippen MR) is 94.6 cm³/mol. The van der Waals surface area contributed by atoms with Crippen LogP contribution in [0.5, 0.6) is 0 Å². The minimum absolute atomic E-state index is 0.0155. The Morgan fingerprint density at radius 1 is 1.27 bits per heavy atom. The number of hydrogen-bond acceptors (Lipinski definition) is 4. The highest BCUT2D eigenvalue weighted by molar-refractivity contribution is 5.99. The second-order valence-corrected chi connectivity index (χ2v) is 8.93. The average molecular weight is 350 g/mol. The zero-order valence-electron chi connectivity index (χ0n) is 14.6.